The number of hydrogen-bond donors (Lipinski definition) is 0. The summed E-state index contributed by atoms with van der Waals surface area (Å²) in [5, 5.41) is 0. The van der Waals surface area contributed by atoms with E-state index in [1.165, 1.54) is 17.0 Å². The molecular formula is C16H20F2N2O2. The SMILES string of the molecule is CC[C@H]1CN(c2cc(F)c(N3CCCCC3)c(F)c2)C(=O)O1. The molecule has 1 aromatic carbocycles. The summed E-state index contributed by atoms with van der Waals surface area (Å²) in [6.07, 6.45) is 2.89. The maximum Gasteiger partial charge on any atom is 0.414 e. The molecule has 2 heterocycles. The van der Waals surface area contributed by atoms with Gasteiger partial charge in [0.25, 0.3) is 0 Å². The summed E-state index contributed by atoms with van der Waals surface area (Å²) >= 11 is 0. The van der Waals surface area contributed by atoms with E-state index in [1.807, 2.05) is 6.92 Å². The largest absolute Gasteiger partial charge is 0.444 e. The van der Waals surface area contributed by atoms with E-state index in [1.54, 1.807) is 4.90 Å². The van der Waals surface area contributed by atoms with Crippen LogP contribution in [0.25, 0.3) is 0 Å². The lowest BCUT2D eigenvalue weighted by Gasteiger charge is -2.29. The topological polar surface area (TPSA) is 32.8 Å². The van der Waals surface area contributed by atoms with Crippen molar-refractivity contribution < 1.29 is 18.3 Å². The second-order valence-electron chi connectivity index (χ2n) is 5.83. The number of amides is 1. The number of rotatable bonds is 3. The van der Waals surface area contributed by atoms with Crippen LogP contribution < -0.4 is 9.80 Å². The fourth-order valence-electron chi connectivity index (χ4n) is 3.07. The molecule has 0 aromatic heterocycles. The molecule has 1 aromatic rings. The van der Waals surface area contributed by atoms with Gasteiger partial charge < -0.3 is 9.64 Å². The molecule has 0 aliphatic carbocycles. The van der Waals surface area contributed by atoms with Gasteiger partial charge in [-0.1, -0.05) is 6.92 Å². The molecule has 22 heavy (non-hydrogen) atoms. The van der Waals surface area contributed by atoms with Crippen LogP contribution in [0.15, 0.2) is 12.1 Å². The lowest BCUT2D eigenvalue weighted by molar-refractivity contribution is 0.139. The molecule has 0 radical (unpaired) electrons. The molecule has 0 bridgehead atoms. The molecule has 4 nitrogen and oxygen atoms in total. The number of piperidine rings is 1. The summed E-state index contributed by atoms with van der Waals surface area (Å²) in [5.74, 6) is -1.24. The van der Waals surface area contributed by atoms with Crippen molar-refractivity contribution in [2.75, 3.05) is 29.4 Å². The number of benzene rings is 1. The number of cyclic esters (lactones) is 1. The Labute approximate surface area is 128 Å². The second kappa shape index (κ2) is 6.10. The highest BCUT2D eigenvalue weighted by molar-refractivity contribution is 5.90. The highest BCUT2D eigenvalue weighted by Gasteiger charge is 2.32. The van der Waals surface area contributed by atoms with Crippen molar-refractivity contribution in [1.29, 1.82) is 0 Å². The van der Waals surface area contributed by atoms with E-state index in [0.717, 1.165) is 19.3 Å². The Kier molecular flexibility index (Phi) is 4.18. The summed E-state index contributed by atoms with van der Waals surface area (Å²) in [4.78, 5) is 14.8. The minimum atomic E-state index is -0.621. The molecule has 1 amide bonds. The summed E-state index contributed by atoms with van der Waals surface area (Å²) < 4.78 is 33.9. The highest BCUT2D eigenvalue weighted by Crippen LogP contribution is 2.32. The maximum absolute atomic E-state index is 14.4. The van der Waals surface area contributed by atoms with Crippen LogP contribution in [0.3, 0.4) is 0 Å². The molecular weight excluding hydrogens is 290 g/mol. The Morgan fingerprint density at radius 3 is 2.36 bits per heavy atom. The zero-order chi connectivity index (χ0) is 15.7. The quantitative estimate of drug-likeness (QED) is 0.853. The van der Waals surface area contributed by atoms with Gasteiger partial charge in [0.2, 0.25) is 0 Å². The number of hydrogen-bond acceptors (Lipinski definition) is 3. The van der Waals surface area contributed by atoms with Gasteiger partial charge in [0.05, 0.1) is 12.2 Å². The van der Waals surface area contributed by atoms with Gasteiger partial charge >= 0.3 is 6.09 Å². The van der Waals surface area contributed by atoms with Crippen LogP contribution in [0.4, 0.5) is 25.0 Å². The normalized spacial score (nSPS) is 22.1. The van der Waals surface area contributed by atoms with Crippen molar-refractivity contribution in [3.63, 3.8) is 0 Å². The average molecular weight is 310 g/mol. The number of halogens is 2. The Balaban J connectivity index is 1.87. The predicted molar refractivity (Wildman–Crippen MR) is 80.3 cm³/mol. The monoisotopic (exact) mass is 310 g/mol. The Morgan fingerprint density at radius 1 is 1.18 bits per heavy atom. The molecule has 6 heteroatoms. The van der Waals surface area contributed by atoms with Crippen LogP contribution in [-0.4, -0.2) is 31.8 Å². The molecule has 120 valence electrons. The van der Waals surface area contributed by atoms with Gasteiger partial charge in [0.1, 0.15) is 11.8 Å². The van der Waals surface area contributed by atoms with Crippen LogP contribution in [0.1, 0.15) is 32.6 Å². The number of nitrogens with zero attached hydrogens (tertiary/aromatic N) is 2. The summed E-state index contributed by atoms with van der Waals surface area (Å²) in [7, 11) is 0. The van der Waals surface area contributed by atoms with Gasteiger partial charge in [0, 0.05) is 25.2 Å². The van der Waals surface area contributed by atoms with Crippen LogP contribution in [0, 0.1) is 11.6 Å². The molecule has 0 N–H and O–H groups in total. The number of ether oxygens (including phenoxy) is 1. The molecule has 2 saturated heterocycles. The van der Waals surface area contributed by atoms with Gasteiger partial charge in [-0.2, -0.15) is 0 Å². The average Bonchev–Trinajstić information content (AvgIpc) is 2.89. The number of carbonyl (C=O) groups is 1. The lowest BCUT2D eigenvalue weighted by atomic mass is 10.1. The highest BCUT2D eigenvalue weighted by atomic mass is 19.1. The second-order valence-corrected chi connectivity index (χ2v) is 5.83. The van der Waals surface area contributed by atoms with Crippen molar-refractivity contribution in [1.82, 2.24) is 0 Å². The van der Waals surface area contributed by atoms with Crippen LogP contribution in [0.2, 0.25) is 0 Å². The molecule has 2 aliphatic rings. The van der Waals surface area contributed by atoms with E-state index in [9.17, 15) is 13.6 Å². The first-order chi connectivity index (χ1) is 10.6. The number of anilines is 2. The first-order valence-electron chi connectivity index (χ1n) is 7.82. The van der Waals surface area contributed by atoms with Crippen molar-refractivity contribution >= 4 is 17.5 Å². The maximum atomic E-state index is 14.4. The van der Waals surface area contributed by atoms with Gasteiger partial charge in [-0.3, -0.25) is 4.90 Å². The van der Waals surface area contributed by atoms with Crippen LogP contribution in [0.5, 0.6) is 0 Å². The van der Waals surface area contributed by atoms with E-state index in [-0.39, 0.29) is 17.5 Å². The predicted octanol–water partition coefficient (Wildman–Crippen LogP) is 3.69. The van der Waals surface area contributed by atoms with Crippen molar-refractivity contribution in [3.05, 3.63) is 23.8 Å². The minimum Gasteiger partial charge on any atom is -0.444 e. The van der Waals surface area contributed by atoms with E-state index < -0.39 is 17.7 Å². The van der Waals surface area contributed by atoms with Gasteiger partial charge in [-0.05, 0) is 25.7 Å². The number of carbonyl (C=O) groups excluding carboxylic acids is 1. The van der Waals surface area contributed by atoms with Crippen molar-refractivity contribution in [2.24, 2.45) is 0 Å². The summed E-state index contributed by atoms with van der Waals surface area (Å²) in [6, 6.07) is 2.46. The molecule has 3 rings (SSSR count). The summed E-state index contributed by atoms with van der Waals surface area (Å²) in [5.41, 5.74) is 0.236. The Hall–Kier alpha value is -1.85. The molecule has 1 atom stereocenters. The zero-order valence-corrected chi connectivity index (χ0v) is 12.6. The standard InChI is InChI=1S/C16H20F2N2O2/c1-2-12-10-20(16(21)22-12)11-8-13(17)15(14(18)9-11)19-6-4-3-5-7-19/h8-9,12H,2-7,10H2,1H3/t12-/m0/s1. The fraction of sp³-hybridized carbons (Fsp3) is 0.562. The van der Waals surface area contributed by atoms with Gasteiger partial charge in [0.15, 0.2) is 11.6 Å². The third-order valence-electron chi connectivity index (χ3n) is 4.32. The molecule has 0 saturated carbocycles. The van der Waals surface area contributed by atoms with Gasteiger partial charge in [-0.15, -0.1) is 0 Å². The van der Waals surface area contributed by atoms with E-state index in [2.05, 4.69) is 0 Å². The third-order valence-corrected chi connectivity index (χ3v) is 4.32. The molecule has 2 fully saturated rings. The van der Waals surface area contributed by atoms with E-state index in [0.29, 0.717) is 26.1 Å². The van der Waals surface area contributed by atoms with E-state index in [4.69, 9.17) is 4.74 Å². The van der Waals surface area contributed by atoms with Gasteiger partial charge in [-0.25, -0.2) is 13.6 Å². The fourth-order valence-corrected chi connectivity index (χ4v) is 3.07. The van der Waals surface area contributed by atoms with Crippen LogP contribution >= 0.6 is 0 Å². The zero-order valence-electron chi connectivity index (χ0n) is 12.6. The molecule has 0 unspecified atom stereocenters. The minimum absolute atomic E-state index is 0.0167. The Morgan fingerprint density at radius 2 is 1.82 bits per heavy atom. The molecule has 2 aliphatic heterocycles. The van der Waals surface area contributed by atoms with Crippen molar-refractivity contribution in [2.45, 2.75) is 38.7 Å². The van der Waals surface area contributed by atoms with Crippen LogP contribution in [-0.2, 0) is 4.74 Å². The lowest BCUT2D eigenvalue weighted by Crippen LogP contribution is -2.31. The summed E-state index contributed by atoms with van der Waals surface area (Å²) in [6.45, 7) is 3.56. The third kappa shape index (κ3) is 2.74. The molecule has 0 spiro atoms. The Bertz CT molecular complexity index is 550. The van der Waals surface area contributed by atoms with E-state index >= 15 is 0 Å². The first kappa shape index (κ1) is 15.1. The van der Waals surface area contributed by atoms with Crippen molar-refractivity contribution in [3.8, 4) is 0 Å². The first-order valence-corrected chi connectivity index (χ1v) is 7.82. The smallest absolute Gasteiger partial charge is 0.414 e.